The summed E-state index contributed by atoms with van der Waals surface area (Å²) >= 11 is 0. The van der Waals surface area contributed by atoms with E-state index < -0.39 is 0 Å². The fourth-order valence-corrected chi connectivity index (χ4v) is 6.47. The van der Waals surface area contributed by atoms with Gasteiger partial charge in [-0.2, -0.15) is 5.26 Å². The molecule has 0 aromatic carbocycles. The van der Waals surface area contributed by atoms with Crippen LogP contribution in [-0.4, -0.2) is 47.2 Å². The maximum atomic E-state index is 12.7. The lowest BCUT2D eigenvalue weighted by atomic mass is 9.48. The lowest BCUT2D eigenvalue weighted by molar-refractivity contribution is -0.133. The Morgan fingerprint density at radius 1 is 1.24 bits per heavy atom. The maximum Gasteiger partial charge on any atom is 0.238 e. The molecule has 4 saturated carbocycles. The highest BCUT2D eigenvalue weighted by Gasteiger charge is 2.55. The Labute approximate surface area is 149 Å². The maximum absolute atomic E-state index is 12.7. The van der Waals surface area contributed by atoms with Crippen molar-refractivity contribution in [2.24, 2.45) is 23.2 Å². The van der Waals surface area contributed by atoms with Gasteiger partial charge < -0.3 is 15.3 Å². The van der Waals surface area contributed by atoms with E-state index in [0.29, 0.717) is 30.9 Å². The monoisotopic (exact) mass is 341 g/mol. The first kappa shape index (κ1) is 16.9. The first-order valence-corrected chi connectivity index (χ1v) is 9.60. The highest BCUT2D eigenvalue weighted by Crippen LogP contribution is 2.59. The van der Waals surface area contributed by atoms with Crippen molar-refractivity contribution in [1.29, 1.82) is 5.26 Å². The fourth-order valence-electron chi connectivity index (χ4n) is 6.47. The zero-order chi connectivity index (χ0) is 17.6. The molecule has 2 unspecified atom stereocenters. The number of terminal acetylenes is 1. The summed E-state index contributed by atoms with van der Waals surface area (Å²) < 4.78 is 0. The Morgan fingerprint density at radius 2 is 1.92 bits per heavy atom. The van der Waals surface area contributed by atoms with Gasteiger partial charge in [-0.3, -0.25) is 4.79 Å². The molecule has 5 rings (SSSR count). The lowest BCUT2D eigenvalue weighted by Crippen LogP contribution is -2.60. The Bertz CT molecular complexity index is 596. The number of hydrogen-bond acceptors (Lipinski definition) is 4. The van der Waals surface area contributed by atoms with Crippen LogP contribution in [0.5, 0.6) is 0 Å². The van der Waals surface area contributed by atoms with Crippen LogP contribution in [0.2, 0.25) is 0 Å². The van der Waals surface area contributed by atoms with Crippen LogP contribution in [-0.2, 0) is 4.79 Å². The molecule has 0 spiro atoms. The standard InChI is InChI=1S/C20H27N3O2/c1-2-16-3-4-17(10-21)23(16)18(25)11-22-19-14-5-13-6-15(19)9-20(7-13,8-14)12-24/h1,13-17,19,22,24H,3-9,11-12H2/t13?,14?,15?,16-,17-,19?,20?/m0/s1. The third kappa shape index (κ3) is 2.75. The number of rotatable bonds is 4. The summed E-state index contributed by atoms with van der Waals surface area (Å²) in [7, 11) is 0. The minimum absolute atomic E-state index is 0.0438. The van der Waals surface area contributed by atoms with E-state index in [1.54, 1.807) is 4.90 Å². The van der Waals surface area contributed by atoms with E-state index in [-0.39, 0.29) is 30.0 Å². The summed E-state index contributed by atoms with van der Waals surface area (Å²) in [4.78, 5) is 14.3. The van der Waals surface area contributed by atoms with Gasteiger partial charge in [0.05, 0.1) is 18.7 Å². The normalized spacial score (nSPS) is 44.5. The van der Waals surface area contributed by atoms with E-state index in [2.05, 4.69) is 17.3 Å². The van der Waals surface area contributed by atoms with Crippen molar-refractivity contribution in [3.63, 3.8) is 0 Å². The number of carbonyl (C=O) groups is 1. The van der Waals surface area contributed by atoms with Crippen LogP contribution in [0.25, 0.3) is 0 Å². The summed E-state index contributed by atoms with van der Waals surface area (Å²) in [5.41, 5.74) is 0.147. The summed E-state index contributed by atoms with van der Waals surface area (Å²) in [6, 6.07) is 1.96. The molecule has 4 aliphatic carbocycles. The number of aliphatic hydroxyl groups excluding tert-OH is 1. The number of likely N-dealkylation sites (tertiary alicyclic amines) is 1. The zero-order valence-electron chi connectivity index (χ0n) is 14.7. The Kier molecular flexibility index (Phi) is 4.26. The fraction of sp³-hybridized carbons (Fsp3) is 0.800. The number of hydrogen-bond donors (Lipinski definition) is 2. The van der Waals surface area contributed by atoms with E-state index in [1.807, 2.05) is 0 Å². The molecule has 134 valence electrons. The van der Waals surface area contributed by atoms with Crippen LogP contribution < -0.4 is 5.32 Å². The molecule has 0 aromatic heterocycles. The molecule has 5 heteroatoms. The van der Waals surface area contributed by atoms with Gasteiger partial charge >= 0.3 is 0 Å². The van der Waals surface area contributed by atoms with Gasteiger partial charge in [0.2, 0.25) is 5.91 Å². The minimum Gasteiger partial charge on any atom is -0.396 e. The van der Waals surface area contributed by atoms with Gasteiger partial charge in [-0.05, 0) is 68.1 Å². The number of nitrogens with one attached hydrogen (secondary N) is 1. The quantitative estimate of drug-likeness (QED) is 0.755. The molecule has 1 saturated heterocycles. The van der Waals surface area contributed by atoms with Crippen molar-refractivity contribution in [2.45, 2.75) is 63.1 Å². The van der Waals surface area contributed by atoms with Crippen molar-refractivity contribution >= 4 is 5.91 Å². The van der Waals surface area contributed by atoms with E-state index in [9.17, 15) is 15.2 Å². The highest BCUT2D eigenvalue weighted by molar-refractivity contribution is 5.80. The van der Waals surface area contributed by atoms with Gasteiger partial charge in [0.1, 0.15) is 6.04 Å². The Hall–Kier alpha value is -1.56. The number of carbonyl (C=O) groups excluding carboxylic acids is 1. The van der Waals surface area contributed by atoms with Gasteiger partial charge in [0.15, 0.2) is 0 Å². The first-order valence-electron chi connectivity index (χ1n) is 9.60. The predicted molar refractivity (Wildman–Crippen MR) is 93.0 cm³/mol. The largest absolute Gasteiger partial charge is 0.396 e. The third-order valence-corrected chi connectivity index (χ3v) is 7.24. The lowest BCUT2D eigenvalue weighted by Gasteiger charge is -2.59. The molecule has 0 radical (unpaired) electrons. The second-order valence-corrected chi connectivity index (χ2v) is 8.74. The van der Waals surface area contributed by atoms with Crippen LogP contribution in [0.4, 0.5) is 0 Å². The molecule has 4 bridgehead atoms. The molecular weight excluding hydrogens is 314 g/mol. The number of nitrogens with zero attached hydrogens (tertiary/aromatic N) is 2. The topological polar surface area (TPSA) is 76.4 Å². The minimum atomic E-state index is -0.383. The summed E-state index contributed by atoms with van der Waals surface area (Å²) in [6.45, 7) is 0.578. The molecule has 0 aromatic rings. The van der Waals surface area contributed by atoms with Gasteiger partial charge in [-0.15, -0.1) is 6.42 Å². The van der Waals surface area contributed by atoms with Crippen molar-refractivity contribution in [3.05, 3.63) is 0 Å². The zero-order valence-corrected chi connectivity index (χ0v) is 14.7. The molecule has 5 fully saturated rings. The summed E-state index contributed by atoms with van der Waals surface area (Å²) in [6.07, 6.45) is 12.7. The van der Waals surface area contributed by atoms with E-state index in [4.69, 9.17) is 6.42 Å². The number of nitriles is 1. The van der Waals surface area contributed by atoms with Gasteiger partial charge in [-0.25, -0.2) is 0 Å². The van der Waals surface area contributed by atoms with Crippen molar-refractivity contribution in [3.8, 4) is 18.4 Å². The van der Waals surface area contributed by atoms with E-state index >= 15 is 0 Å². The molecule has 5 nitrogen and oxygen atoms in total. The molecule has 1 heterocycles. The average molecular weight is 341 g/mol. The SMILES string of the molecule is C#C[C@H]1CC[C@@H](C#N)N1C(=O)CNC1C2CC3CC1CC(CO)(C3)C2. The Balaban J connectivity index is 1.40. The smallest absolute Gasteiger partial charge is 0.238 e. The molecule has 1 amide bonds. The van der Waals surface area contributed by atoms with Crippen molar-refractivity contribution in [2.75, 3.05) is 13.2 Å². The molecule has 1 aliphatic heterocycles. The predicted octanol–water partition coefficient (Wildman–Crippen LogP) is 1.28. The van der Waals surface area contributed by atoms with Crippen molar-refractivity contribution in [1.82, 2.24) is 10.2 Å². The van der Waals surface area contributed by atoms with Crippen LogP contribution in [0.1, 0.15) is 44.9 Å². The second kappa shape index (κ2) is 6.31. The van der Waals surface area contributed by atoms with E-state index in [0.717, 1.165) is 25.2 Å². The average Bonchev–Trinajstić information content (AvgIpc) is 3.03. The third-order valence-electron chi connectivity index (χ3n) is 7.24. The van der Waals surface area contributed by atoms with Gasteiger partial charge in [0.25, 0.3) is 0 Å². The molecule has 4 atom stereocenters. The molecule has 2 N–H and O–H groups in total. The number of amides is 1. The van der Waals surface area contributed by atoms with Gasteiger partial charge in [-0.1, -0.05) is 5.92 Å². The second-order valence-electron chi connectivity index (χ2n) is 8.74. The molecule has 25 heavy (non-hydrogen) atoms. The van der Waals surface area contributed by atoms with Crippen LogP contribution in [0, 0.1) is 46.8 Å². The van der Waals surface area contributed by atoms with Crippen LogP contribution in [0.15, 0.2) is 0 Å². The van der Waals surface area contributed by atoms with Crippen LogP contribution in [0.3, 0.4) is 0 Å². The van der Waals surface area contributed by atoms with Gasteiger partial charge in [0, 0.05) is 12.6 Å². The van der Waals surface area contributed by atoms with E-state index in [1.165, 1.54) is 19.3 Å². The Morgan fingerprint density at radius 3 is 2.52 bits per heavy atom. The highest BCUT2D eigenvalue weighted by atomic mass is 16.3. The van der Waals surface area contributed by atoms with Crippen molar-refractivity contribution < 1.29 is 9.90 Å². The first-order chi connectivity index (χ1) is 12.1. The summed E-state index contributed by atoms with van der Waals surface area (Å²) in [5.74, 6) is 4.51. The molecular formula is C20H27N3O2. The number of aliphatic hydroxyl groups is 1. The molecule has 5 aliphatic rings. The summed E-state index contributed by atoms with van der Waals surface area (Å²) in [5, 5.41) is 22.7. The van der Waals surface area contributed by atoms with Crippen LogP contribution >= 0.6 is 0 Å².